The Morgan fingerprint density at radius 1 is 0.791 bits per heavy atom. The van der Waals surface area contributed by atoms with Gasteiger partial charge in [0, 0.05) is 19.1 Å². The lowest BCUT2D eigenvalue weighted by Crippen LogP contribution is -2.67. The molecule has 0 heterocycles. The zero-order valence-corrected chi connectivity index (χ0v) is 26.5. The molecule has 0 aliphatic carbocycles. The highest BCUT2D eigenvalue weighted by Crippen LogP contribution is 2.37. The SMILES string of the molecule is COc1ccc(CNC(=O)[C@@H](OCc2ccccc2)[C@@H](CO)CO[Si](c2ccccc2)(c2ccccc2)C(C)(C)C)cc1. The number of amides is 1. The molecule has 0 bridgehead atoms. The molecule has 0 unspecified atom stereocenters. The van der Waals surface area contributed by atoms with Crippen molar-refractivity contribution < 1.29 is 23.8 Å². The van der Waals surface area contributed by atoms with Crippen molar-refractivity contribution in [2.45, 2.75) is 45.1 Å². The molecule has 0 aromatic heterocycles. The Labute approximate surface area is 256 Å². The number of ether oxygens (including phenoxy) is 2. The lowest BCUT2D eigenvalue weighted by atomic mass is 10.0. The number of hydrogen-bond acceptors (Lipinski definition) is 5. The average Bonchev–Trinajstić information content (AvgIpc) is 3.04. The molecule has 43 heavy (non-hydrogen) atoms. The molecular formula is C36H43NO5Si. The van der Waals surface area contributed by atoms with Gasteiger partial charge in [-0.3, -0.25) is 4.79 Å². The molecule has 0 saturated carbocycles. The Hall–Kier alpha value is -3.75. The van der Waals surface area contributed by atoms with E-state index in [-0.39, 0.29) is 30.8 Å². The van der Waals surface area contributed by atoms with Crippen LogP contribution in [-0.2, 0) is 27.1 Å². The van der Waals surface area contributed by atoms with Crippen molar-refractivity contribution in [2.75, 3.05) is 20.3 Å². The first-order chi connectivity index (χ1) is 20.8. The topological polar surface area (TPSA) is 77.0 Å². The fourth-order valence-electron chi connectivity index (χ4n) is 5.45. The van der Waals surface area contributed by atoms with E-state index in [1.54, 1.807) is 7.11 Å². The molecule has 2 atom stereocenters. The lowest BCUT2D eigenvalue weighted by Gasteiger charge is -2.44. The summed E-state index contributed by atoms with van der Waals surface area (Å²) in [5.41, 5.74) is 1.88. The summed E-state index contributed by atoms with van der Waals surface area (Å²) >= 11 is 0. The van der Waals surface area contributed by atoms with Crippen LogP contribution in [0.4, 0.5) is 0 Å². The number of hydrogen-bond donors (Lipinski definition) is 2. The number of carbonyl (C=O) groups is 1. The number of rotatable bonds is 14. The summed E-state index contributed by atoms with van der Waals surface area (Å²) in [6, 6.07) is 38.0. The van der Waals surface area contributed by atoms with Crippen LogP contribution in [0.1, 0.15) is 31.9 Å². The Kier molecular flexibility index (Phi) is 11.3. The largest absolute Gasteiger partial charge is 0.497 e. The predicted octanol–water partition coefficient (Wildman–Crippen LogP) is 5.08. The number of carbonyl (C=O) groups excluding carboxylic acids is 1. The van der Waals surface area contributed by atoms with E-state index < -0.39 is 20.3 Å². The average molecular weight is 598 g/mol. The second-order valence-electron chi connectivity index (χ2n) is 11.7. The summed E-state index contributed by atoms with van der Waals surface area (Å²) < 4.78 is 18.6. The maximum absolute atomic E-state index is 13.7. The minimum Gasteiger partial charge on any atom is -0.497 e. The van der Waals surface area contributed by atoms with Gasteiger partial charge in [0.15, 0.2) is 0 Å². The zero-order valence-electron chi connectivity index (χ0n) is 25.5. The van der Waals surface area contributed by atoms with E-state index in [1.165, 1.54) is 0 Å². The monoisotopic (exact) mass is 597 g/mol. The number of benzene rings is 4. The van der Waals surface area contributed by atoms with Crippen LogP contribution in [0.5, 0.6) is 5.75 Å². The molecule has 0 saturated heterocycles. The van der Waals surface area contributed by atoms with Gasteiger partial charge in [0.25, 0.3) is 8.32 Å². The first-order valence-electron chi connectivity index (χ1n) is 14.7. The van der Waals surface area contributed by atoms with E-state index in [9.17, 15) is 9.90 Å². The highest BCUT2D eigenvalue weighted by Gasteiger charge is 2.50. The fourth-order valence-corrected chi connectivity index (χ4v) is 10.1. The van der Waals surface area contributed by atoms with E-state index in [1.807, 2.05) is 91.0 Å². The minimum absolute atomic E-state index is 0.152. The molecule has 0 radical (unpaired) electrons. The van der Waals surface area contributed by atoms with E-state index in [0.717, 1.165) is 27.2 Å². The highest BCUT2D eigenvalue weighted by molar-refractivity contribution is 6.99. The third-order valence-corrected chi connectivity index (χ3v) is 12.8. The van der Waals surface area contributed by atoms with Gasteiger partial charge in [-0.25, -0.2) is 0 Å². The van der Waals surface area contributed by atoms with Crippen LogP contribution < -0.4 is 20.4 Å². The van der Waals surface area contributed by atoms with Crippen LogP contribution in [0.15, 0.2) is 115 Å². The van der Waals surface area contributed by atoms with Crippen molar-refractivity contribution in [3.63, 3.8) is 0 Å². The third kappa shape index (κ3) is 8.00. The van der Waals surface area contributed by atoms with Crippen molar-refractivity contribution in [3.05, 3.63) is 126 Å². The quantitative estimate of drug-likeness (QED) is 0.198. The van der Waals surface area contributed by atoms with Gasteiger partial charge in [-0.1, -0.05) is 124 Å². The summed E-state index contributed by atoms with van der Waals surface area (Å²) in [4.78, 5) is 13.7. The minimum atomic E-state index is -2.89. The summed E-state index contributed by atoms with van der Waals surface area (Å²) in [5, 5.41) is 15.7. The molecule has 7 heteroatoms. The Morgan fingerprint density at radius 3 is 1.81 bits per heavy atom. The summed E-state index contributed by atoms with van der Waals surface area (Å²) in [5.74, 6) is -0.141. The fraction of sp³-hybridized carbons (Fsp3) is 0.306. The maximum Gasteiger partial charge on any atom is 0.261 e. The van der Waals surface area contributed by atoms with Gasteiger partial charge >= 0.3 is 0 Å². The van der Waals surface area contributed by atoms with Gasteiger partial charge in [-0.05, 0) is 38.7 Å². The molecule has 0 aliphatic rings. The zero-order chi connectivity index (χ0) is 30.7. The molecule has 226 valence electrons. The van der Waals surface area contributed by atoms with Crippen LogP contribution in [-0.4, -0.2) is 45.8 Å². The number of methoxy groups -OCH3 is 1. The Balaban J connectivity index is 1.62. The van der Waals surface area contributed by atoms with E-state index >= 15 is 0 Å². The van der Waals surface area contributed by atoms with Crippen LogP contribution in [0.2, 0.25) is 5.04 Å². The van der Waals surface area contributed by atoms with Gasteiger partial charge < -0.3 is 24.3 Å². The first kappa shape index (κ1) is 32.2. The van der Waals surface area contributed by atoms with Gasteiger partial charge in [0.2, 0.25) is 5.91 Å². The second kappa shape index (κ2) is 15.1. The van der Waals surface area contributed by atoms with Crippen molar-refractivity contribution in [3.8, 4) is 5.75 Å². The number of aliphatic hydroxyl groups is 1. The van der Waals surface area contributed by atoms with Crippen LogP contribution in [0.3, 0.4) is 0 Å². The molecule has 4 aromatic carbocycles. The summed E-state index contributed by atoms with van der Waals surface area (Å²) in [6.07, 6.45) is -0.929. The van der Waals surface area contributed by atoms with Crippen LogP contribution in [0.25, 0.3) is 0 Å². The van der Waals surface area contributed by atoms with Crippen molar-refractivity contribution >= 4 is 24.6 Å². The maximum atomic E-state index is 13.7. The smallest absolute Gasteiger partial charge is 0.261 e. The molecule has 2 N–H and O–H groups in total. The molecule has 0 spiro atoms. The van der Waals surface area contributed by atoms with Gasteiger partial charge in [0.1, 0.15) is 11.9 Å². The van der Waals surface area contributed by atoms with Crippen LogP contribution in [0, 0.1) is 5.92 Å². The molecule has 6 nitrogen and oxygen atoms in total. The van der Waals surface area contributed by atoms with Gasteiger partial charge in [0.05, 0.1) is 20.3 Å². The van der Waals surface area contributed by atoms with Gasteiger partial charge in [-0.2, -0.15) is 0 Å². The number of aliphatic hydroxyl groups excluding tert-OH is 1. The molecule has 0 fully saturated rings. The predicted molar refractivity (Wildman–Crippen MR) is 174 cm³/mol. The molecule has 4 aromatic rings. The normalized spacial score (nSPS) is 13.2. The summed E-state index contributed by atoms with van der Waals surface area (Å²) in [6.45, 7) is 7.06. The standard InChI is InChI=1S/C36H43NO5Si/c1-36(2,3)43(32-16-10-6-11-17-32,33-18-12-7-13-19-33)42-27-30(25-38)34(41-26-29-14-8-5-9-15-29)35(39)37-24-28-20-22-31(40-4)23-21-28/h5-23,30,34,38H,24-27H2,1-4H3,(H,37,39)/t30-,34-/m0/s1. The van der Waals surface area contributed by atoms with Crippen molar-refractivity contribution in [1.82, 2.24) is 5.32 Å². The molecule has 4 rings (SSSR count). The van der Waals surface area contributed by atoms with Crippen molar-refractivity contribution in [1.29, 1.82) is 0 Å². The first-order valence-corrected chi connectivity index (χ1v) is 16.6. The Morgan fingerprint density at radius 2 is 1.33 bits per heavy atom. The number of nitrogens with one attached hydrogen (secondary N) is 1. The molecule has 0 aliphatic heterocycles. The second-order valence-corrected chi connectivity index (χ2v) is 16.0. The summed E-state index contributed by atoms with van der Waals surface area (Å²) in [7, 11) is -1.27. The van der Waals surface area contributed by atoms with Crippen LogP contribution >= 0.6 is 0 Å². The van der Waals surface area contributed by atoms with E-state index in [4.69, 9.17) is 13.9 Å². The lowest BCUT2D eigenvalue weighted by molar-refractivity contribution is -0.140. The highest BCUT2D eigenvalue weighted by atomic mass is 28.4. The van der Waals surface area contributed by atoms with Crippen molar-refractivity contribution in [2.24, 2.45) is 5.92 Å². The van der Waals surface area contributed by atoms with E-state index in [2.05, 4.69) is 50.4 Å². The van der Waals surface area contributed by atoms with Gasteiger partial charge in [-0.15, -0.1) is 0 Å². The molecular weight excluding hydrogens is 554 g/mol. The molecule has 1 amide bonds. The third-order valence-electron chi connectivity index (χ3n) is 7.75. The van der Waals surface area contributed by atoms with E-state index in [0.29, 0.717) is 6.54 Å². The Bertz CT molecular complexity index is 1350.